The molecule has 38 heavy (non-hydrogen) atoms. The second kappa shape index (κ2) is 12.7. The van der Waals surface area contributed by atoms with Crippen LogP contribution in [0.4, 0.5) is 0 Å². The third-order valence-corrected chi connectivity index (χ3v) is 6.13. The van der Waals surface area contributed by atoms with Crippen LogP contribution in [-0.2, 0) is 24.5 Å². The molecule has 0 spiro atoms. The van der Waals surface area contributed by atoms with Crippen LogP contribution in [0.3, 0.4) is 0 Å². The van der Waals surface area contributed by atoms with Gasteiger partial charge < -0.3 is 14.2 Å². The summed E-state index contributed by atoms with van der Waals surface area (Å²) in [6, 6.07) is 34.4. The molecule has 0 N–H and O–H groups in total. The average Bonchev–Trinajstić information content (AvgIpc) is 3.45. The van der Waals surface area contributed by atoms with Gasteiger partial charge in [-0.3, -0.25) is 0 Å². The summed E-state index contributed by atoms with van der Waals surface area (Å²) in [5.41, 5.74) is 4.93. The van der Waals surface area contributed by atoms with Crippen LogP contribution in [0.15, 0.2) is 103 Å². The third-order valence-electron chi connectivity index (χ3n) is 6.13. The van der Waals surface area contributed by atoms with Crippen LogP contribution in [0.1, 0.15) is 17.5 Å². The minimum absolute atomic E-state index is 0.405. The lowest BCUT2D eigenvalue weighted by molar-refractivity contribution is 0.189. The van der Waals surface area contributed by atoms with E-state index in [0.717, 1.165) is 40.0 Å². The molecule has 1 heterocycles. The van der Waals surface area contributed by atoms with E-state index in [1.54, 1.807) is 11.8 Å². The Hall–Kier alpha value is -4.49. The zero-order chi connectivity index (χ0) is 26.0. The molecule has 0 radical (unpaired) electrons. The van der Waals surface area contributed by atoms with E-state index < -0.39 is 0 Å². The molecular weight excluding hydrogens is 476 g/mol. The average molecular weight is 507 g/mol. The van der Waals surface area contributed by atoms with Gasteiger partial charge in [0.15, 0.2) is 5.82 Å². The molecule has 7 heteroatoms. The fourth-order valence-electron chi connectivity index (χ4n) is 4.20. The van der Waals surface area contributed by atoms with E-state index in [1.807, 2.05) is 72.8 Å². The van der Waals surface area contributed by atoms with Gasteiger partial charge in [0.1, 0.15) is 24.7 Å². The maximum atomic E-state index is 6.40. The summed E-state index contributed by atoms with van der Waals surface area (Å²) >= 11 is 0. The maximum absolute atomic E-state index is 6.40. The first kappa shape index (κ1) is 25.2. The Balaban J connectivity index is 1.57. The van der Waals surface area contributed by atoms with Crippen molar-refractivity contribution in [3.05, 3.63) is 114 Å². The molecule has 0 atom stereocenters. The first-order chi connectivity index (χ1) is 18.8. The van der Waals surface area contributed by atoms with Gasteiger partial charge in [-0.15, -0.1) is 5.10 Å². The van der Waals surface area contributed by atoms with Gasteiger partial charge in [-0.05, 0) is 39.6 Å². The van der Waals surface area contributed by atoms with E-state index >= 15 is 0 Å². The van der Waals surface area contributed by atoms with Gasteiger partial charge in [0.25, 0.3) is 0 Å². The van der Waals surface area contributed by atoms with Crippen LogP contribution < -0.4 is 9.47 Å². The molecule has 192 valence electrons. The Kier molecular flexibility index (Phi) is 8.38. The van der Waals surface area contributed by atoms with E-state index in [-0.39, 0.29) is 0 Å². The first-order valence-electron chi connectivity index (χ1n) is 12.6. The van der Waals surface area contributed by atoms with Gasteiger partial charge in [0, 0.05) is 31.9 Å². The lowest BCUT2D eigenvalue weighted by atomic mass is 10.0. The summed E-state index contributed by atoms with van der Waals surface area (Å²) in [5.74, 6) is 2.01. The highest BCUT2D eigenvalue weighted by atomic mass is 16.5. The van der Waals surface area contributed by atoms with Gasteiger partial charge in [-0.2, -0.15) is 0 Å². The minimum atomic E-state index is 0.405. The van der Waals surface area contributed by atoms with E-state index in [0.29, 0.717) is 37.9 Å². The molecule has 7 nitrogen and oxygen atoms in total. The summed E-state index contributed by atoms with van der Waals surface area (Å²) in [7, 11) is 1.69. The van der Waals surface area contributed by atoms with E-state index in [9.17, 15) is 0 Å². The van der Waals surface area contributed by atoms with Crippen molar-refractivity contribution < 1.29 is 14.2 Å². The van der Waals surface area contributed by atoms with Crippen molar-refractivity contribution in [3.8, 4) is 34.0 Å². The smallest absolute Gasteiger partial charge is 0.185 e. The maximum Gasteiger partial charge on any atom is 0.185 e. The molecule has 5 aromatic rings. The lowest BCUT2D eigenvalue weighted by Gasteiger charge is -2.18. The van der Waals surface area contributed by atoms with Crippen molar-refractivity contribution in [2.45, 2.75) is 26.2 Å². The van der Waals surface area contributed by atoms with Crippen LogP contribution in [0.25, 0.3) is 22.5 Å². The van der Waals surface area contributed by atoms with Crippen molar-refractivity contribution in [1.82, 2.24) is 20.2 Å². The van der Waals surface area contributed by atoms with Crippen LogP contribution in [0.2, 0.25) is 0 Å². The Bertz CT molecular complexity index is 1420. The summed E-state index contributed by atoms with van der Waals surface area (Å²) in [6.07, 6.45) is 0.790. The number of nitrogens with zero attached hydrogens (tertiary/aromatic N) is 4. The predicted molar refractivity (Wildman–Crippen MR) is 147 cm³/mol. The summed E-state index contributed by atoms with van der Waals surface area (Å²) < 4.78 is 19.8. The van der Waals surface area contributed by atoms with Gasteiger partial charge in [0.05, 0.1) is 5.56 Å². The van der Waals surface area contributed by atoms with Gasteiger partial charge in [-0.25, -0.2) is 4.68 Å². The molecule has 4 aromatic carbocycles. The molecule has 0 amide bonds. The number of aromatic nitrogens is 4. The van der Waals surface area contributed by atoms with E-state index in [2.05, 4.69) is 45.9 Å². The second-order valence-corrected chi connectivity index (χ2v) is 8.83. The fraction of sp³-hybridized carbons (Fsp3) is 0.194. The van der Waals surface area contributed by atoms with Crippen molar-refractivity contribution >= 4 is 0 Å². The molecule has 0 unspecified atom stereocenters. The Labute approximate surface area is 222 Å². The number of aryl methyl sites for hydroxylation is 1. The Morgan fingerprint density at radius 3 is 1.87 bits per heavy atom. The van der Waals surface area contributed by atoms with Crippen LogP contribution in [0.5, 0.6) is 11.5 Å². The highest BCUT2D eigenvalue weighted by Gasteiger charge is 2.20. The summed E-state index contributed by atoms with van der Waals surface area (Å²) in [6.45, 7) is 2.09. The van der Waals surface area contributed by atoms with Gasteiger partial charge >= 0.3 is 0 Å². The van der Waals surface area contributed by atoms with E-state index in [1.165, 1.54) is 0 Å². The quantitative estimate of drug-likeness (QED) is 0.188. The number of benzene rings is 4. The molecule has 0 aliphatic rings. The number of methoxy groups -OCH3 is 1. The van der Waals surface area contributed by atoms with Crippen molar-refractivity contribution in [2.24, 2.45) is 0 Å². The number of rotatable bonds is 12. The highest BCUT2D eigenvalue weighted by molar-refractivity contribution is 5.79. The lowest BCUT2D eigenvalue weighted by Crippen LogP contribution is -2.07. The highest BCUT2D eigenvalue weighted by Crippen LogP contribution is 2.41. The number of hydrogen-bond donors (Lipinski definition) is 0. The predicted octanol–water partition coefficient (Wildman–Crippen LogP) is 6.20. The molecule has 0 aliphatic carbocycles. The Morgan fingerprint density at radius 2 is 1.26 bits per heavy atom. The standard InChI is InChI=1S/C31H30N4O3/c1-36-19-11-18-35-31(32-33-34-35)28-20-27(26-16-9-4-10-17-26)29(37-22-24-12-5-2-6-13-24)21-30(28)38-23-25-14-7-3-8-15-25/h2-10,12-17,20-21H,11,18-19,22-23H2,1H3. The zero-order valence-corrected chi connectivity index (χ0v) is 21.4. The monoisotopic (exact) mass is 506 g/mol. The SMILES string of the molecule is COCCCn1nnnc1-c1cc(-c2ccccc2)c(OCc2ccccc2)cc1OCc1ccccc1. The molecule has 0 saturated carbocycles. The van der Waals surface area contributed by atoms with Crippen LogP contribution in [-0.4, -0.2) is 33.9 Å². The van der Waals surface area contributed by atoms with Crippen molar-refractivity contribution in [2.75, 3.05) is 13.7 Å². The zero-order valence-electron chi connectivity index (χ0n) is 21.4. The fourth-order valence-corrected chi connectivity index (χ4v) is 4.20. The molecule has 0 bridgehead atoms. The first-order valence-corrected chi connectivity index (χ1v) is 12.6. The third kappa shape index (κ3) is 6.25. The summed E-state index contributed by atoms with van der Waals surface area (Å²) in [4.78, 5) is 0. The van der Waals surface area contributed by atoms with E-state index in [4.69, 9.17) is 14.2 Å². The van der Waals surface area contributed by atoms with Crippen molar-refractivity contribution in [3.63, 3.8) is 0 Å². The number of hydrogen-bond acceptors (Lipinski definition) is 6. The molecular formula is C31H30N4O3. The Morgan fingerprint density at radius 1 is 0.684 bits per heavy atom. The number of ether oxygens (including phenoxy) is 3. The van der Waals surface area contributed by atoms with Gasteiger partial charge in [0.2, 0.25) is 0 Å². The number of tetrazole rings is 1. The topological polar surface area (TPSA) is 71.3 Å². The summed E-state index contributed by atoms with van der Waals surface area (Å²) in [5, 5.41) is 12.6. The molecule has 0 fully saturated rings. The molecule has 1 aromatic heterocycles. The largest absolute Gasteiger partial charge is 0.488 e. The molecule has 0 saturated heterocycles. The van der Waals surface area contributed by atoms with Crippen LogP contribution in [0, 0.1) is 0 Å². The minimum Gasteiger partial charge on any atom is -0.488 e. The van der Waals surface area contributed by atoms with Crippen molar-refractivity contribution in [1.29, 1.82) is 0 Å². The van der Waals surface area contributed by atoms with Crippen LogP contribution >= 0.6 is 0 Å². The second-order valence-electron chi connectivity index (χ2n) is 8.83. The molecule has 0 aliphatic heterocycles. The van der Waals surface area contributed by atoms with Gasteiger partial charge in [-0.1, -0.05) is 91.0 Å². The normalized spacial score (nSPS) is 10.9. The molecule has 5 rings (SSSR count).